The van der Waals surface area contributed by atoms with Crippen LogP contribution in [0.1, 0.15) is 19.8 Å². The Hall–Kier alpha value is -1.53. The van der Waals surface area contributed by atoms with Crippen LogP contribution < -0.4 is 10.6 Å². The Balaban J connectivity index is 0. The molecule has 0 heterocycles. The average molecular weight is 421 g/mol. The SMILES string of the molecule is CC(=O)C(C(=O)O)(C(=O)O)C(=O)NCCC[SiH](C)C.CNCCC[SiH](C)C. The van der Waals surface area contributed by atoms with Gasteiger partial charge in [-0.1, -0.05) is 38.3 Å². The lowest BCUT2D eigenvalue weighted by Gasteiger charge is -2.20. The molecule has 0 atom stereocenters. The molecule has 4 N–H and O–H groups in total. The summed E-state index contributed by atoms with van der Waals surface area (Å²) in [5.41, 5.74) is -3.05. The van der Waals surface area contributed by atoms with E-state index in [0.717, 1.165) is 13.0 Å². The number of nitrogens with one attached hydrogen (secondary N) is 2. The first-order valence-corrected chi connectivity index (χ1v) is 15.6. The molecule has 8 nitrogen and oxygen atoms in total. The molecule has 27 heavy (non-hydrogen) atoms. The summed E-state index contributed by atoms with van der Waals surface area (Å²) >= 11 is 0. The van der Waals surface area contributed by atoms with E-state index in [0.29, 0.717) is 6.42 Å². The number of carbonyl (C=O) groups excluding carboxylic acids is 2. The number of rotatable bonds is 12. The van der Waals surface area contributed by atoms with Gasteiger partial charge in [-0.3, -0.25) is 9.59 Å². The summed E-state index contributed by atoms with van der Waals surface area (Å²) in [5, 5.41) is 23.2. The van der Waals surface area contributed by atoms with E-state index < -0.39 is 37.8 Å². The second kappa shape index (κ2) is 14.5. The third-order valence-corrected chi connectivity index (χ3v) is 7.09. The summed E-state index contributed by atoms with van der Waals surface area (Å²) in [6.07, 6.45) is 2.02. The molecule has 0 unspecified atom stereocenters. The third-order valence-electron chi connectivity index (χ3n) is 3.96. The molecule has 0 saturated carbocycles. The van der Waals surface area contributed by atoms with Crippen LogP contribution in [0.4, 0.5) is 0 Å². The summed E-state index contributed by atoms with van der Waals surface area (Å²) in [5.74, 6) is -6.44. The molecule has 0 rings (SSSR count). The largest absolute Gasteiger partial charge is 0.480 e. The Morgan fingerprint density at radius 3 is 1.56 bits per heavy atom. The molecule has 0 spiro atoms. The number of amides is 1. The van der Waals surface area contributed by atoms with Crippen molar-refractivity contribution < 1.29 is 29.4 Å². The minimum absolute atomic E-state index is 0.166. The Morgan fingerprint density at radius 1 is 0.852 bits per heavy atom. The molecule has 0 aromatic rings. The number of carboxylic acids is 2. The van der Waals surface area contributed by atoms with E-state index in [1.54, 1.807) is 0 Å². The van der Waals surface area contributed by atoms with E-state index in [2.05, 4.69) is 36.8 Å². The highest BCUT2D eigenvalue weighted by atomic mass is 28.3. The van der Waals surface area contributed by atoms with Crippen LogP contribution >= 0.6 is 0 Å². The lowest BCUT2D eigenvalue weighted by molar-refractivity contribution is -0.171. The van der Waals surface area contributed by atoms with E-state index >= 15 is 0 Å². The van der Waals surface area contributed by atoms with E-state index in [4.69, 9.17) is 10.2 Å². The highest BCUT2D eigenvalue weighted by molar-refractivity contribution is 6.55. The van der Waals surface area contributed by atoms with Gasteiger partial charge in [-0.15, -0.1) is 0 Å². The van der Waals surface area contributed by atoms with E-state index in [1.165, 1.54) is 19.0 Å². The van der Waals surface area contributed by atoms with Crippen LogP contribution in [-0.4, -0.2) is 71.6 Å². The summed E-state index contributed by atoms with van der Waals surface area (Å²) in [6, 6.07) is 2.42. The van der Waals surface area contributed by atoms with Crippen molar-refractivity contribution in [3.05, 3.63) is 0 Å². The maximum absolute atomic E-state index is 11.8. The number of hydrogen-bond donors (Lipinski definition) is 4. The minimum atomic E-state index is -3.05. The fourth-order valence-corrected chi connectivity index (χ4v) is 4.32. The molecule has 0 bridgehead atoms. The molecule has 0 saturated heterocycles. The monoisotopic (exact) mass is 420 g/mol. The minimum Gasteiger partial charge on any atom is -0.480 e. The van der Waals surface area contributed by atoms with Crippen molar-refractivity contribution in [2.45, 2.75) is 58.0 Å². The lowest BCUT2D eigenvalue weighted by atomic mass is 9.83. The Labute approximate surface area is 165 Å². The summed E-state index contributed by atoms with van der Waals surface area (Å²) in [7, 11) is 0.988. The van der Waals surface area contributed by atoms with E-state index in [1.807, 2.05) is 7.05 Å². The molecule has 0 aromatic carbocycles. The van der Waals surface area contributed by atoms with Gasteiger partial charge in [0.2, 0.25) is 0 Å². The first-order chi connectivity index (χ1) is 12.4. The second-order valence-electron chi connectivity index (χ2n) is 7.35. The van der Waals surface area contributed by atoms with Crippen molar-refractivity contribution >= 4 is 41.2 Å². The molecule has 10 heteroatoms. The standard InChI is InChI=1S/C11H19NO6Si.C6H17NSi/c1-7(13)11(9(15)16,10(17)18)8(14)12-5-4-6-19(2)3;1-7-5-4-6-8(2)3/h19H,4-6H2,1-3H3,(H,12,14)(H,15,16)(H,17,18);7-8H,4-6H2,1-3H3. The molecule has 0 fully saturated rings. The van der Waals surface area contributed by atoms with Gasteiger partial charge in [-0.25, -0.2) is 9.59 Å². The summed E-state index contributed by atoms with van der Waals surface area (Å²) < 4.78 is 0. The fraction of sp³-hybridized carbons (Fsp3) is 0.765. The van der Waals surface area contributed by atoms with Crippen LogP contribution in [0, 0.1) is 5.41 Å². The van der Waals surface area contributed by atoms with Crippen LogP contribution in [0.2, 0.25) is 38.3 Å². The van der Waals surface area contributed by atoms with E-state index in [9.17, 15) is 19.2 Å². The maximum atomic E-state index is 11.8. The predicted octanol–water partition coefficient (Wildman–Crippen LogP) is 0.807. The van der Waals surface area contributed by atoms with Crippen molar-refractivity contribution in [2.75, 3.05) is 20.1 Å². The van der Waals surface area contributed by atoms with Gasteiger partial charge in [0.05, 0.1) is 0 Å². The van der Waals surface area contributed by atoms with Gasteiger partial charge in [0.1, 0.15) is 0 Å². The highest BCUT2D eigenvalue weighted by Gasteiger charge is 2.58. The quantitative estimate of drug-likeness (QED) is 0.208. The Morgan fingerprint density at radius 2 is 1.26 bits per heavy atom. The number of carbonyl (C=O) groups is 4. The molecule has 0 aromatic heterocycles. The van der Waals surface area contributed by atoms with Gasteiger partial charge >= 0.3 is 11.9 Å². The van der Waals surface area contributed by atoms with Gasteiger partial charge in [-0.05, 0) is 33.4 Å². The van der Waals surface area contributed by atoms with Crippen molar-refractivity contribution in [1.29, 1.82) is 0 Å². The normalized spacial score (nSPS) is 11.0. The number of carboxylic acid groups (broad SMARTS) is 2. The molecule has 0 radical (unpaired) electrons. The van der Waals surface area contributed by atoms with Crippen LogP contribution in [0.25, 0.3) is 0 Å². The first-order valence-electron chi connectivity index (χ1n) is 9.35. The third kappa shape index (κ3) is 10.4. The zero-order chi connectivity index (χ0) is 21.6. The van der Waals surface area contributed by atoms with E-state index in [-0.39, 0.29) is 15.3 Å². The van der Waals surface area contributed by atoms with Gasteiger partial charge in [0.25, 0.3) is 11.3 Å². The Kier molecular flexibility index (Phi) is 14.9. The van der Waals surface area contributed by atoms with Crippen molar-refractivity contribution in [2.24, 2.45) is 5.41 Å². The average Bonchev–Trinajstić information content (AvgIpc) is 2.51. The number of ketones is 1. The van der Waals surface area contributed by atoms with Crippen LogP contribution in [0.5, 0.6) is 0 Å². The molecule has 0 aliphatic carbocycles. The summed E-state index contributed by atoms with van der Waals surface area (Å²) in [4.78, 5) is 45.1. The van der Waals surface area contributed by atoms with Crippen LogP contribution in [0.3, 0.4) is 0 Å². The number of hydrogen-bond acceptors (Lipinski definition) is 5. The van der Waals surface area contributed by atoms with Gasteiger partial charge < -0.3 is 20.8 Å². The molecule has 0 aliphatic heterocycles. The smallest absolute Gasteiger partial charge is 0.338 e. The molecule has 0 aliphatic rings. The zero-order valence-electron chi connectivity index (χ0n) is 17.4. The molecular formula is C17H36N2O6Si2. The fourth-order valence-electron chi connectivity index (χ4n) is 2.28. The van der Waals surface area contributed by atoms with Crippen LogP contribution in [-0.2, 0) is 19.2 Å². The predicted molar refractivity (Wildman–Crippen MR) is 112 cm³/mol. The zero-order valence-corrected chi connectivity index (χ0v) is 19.7. The Bertz CT molecular complexity index is 462. The van der Waals surface area contributed by atoms with Crippen LogP contribution in [0.15, 0.2) is 0 Å². The van der Waals surface area contributed by atoms with Crippen molar-refractivity contribution in [3.63, 3.8) is 0 Å². The molecule has 1 amide bonds. The topological polar surface area (TPSA) is 133 Å². The van der Waals surface area contributed by atoms with Crippen molar-refractivity contribution in [1.82, 2.24) is 10.6 Å². The molecular weight excluding hydrogens is 384 g/mol. The second-order valence-corrected chi connectivity index (χ2v) is 14.1. The lowest BCUT2D eigenvalue weighted by Crippen LogP contribution is -2.56. The van der Waals surface area contributed by atoms with Gasteiger partial charge in [0, 0.05) is 24.1 Å². The highest BCUT2D eigenvalue weighted by Crippen LogP contribution is 2.20. The van der Waals surface area contributed by atoms with Crippen molar-refractivity contribution in [3.8, 4) is 0 Å². The van der Waals surface area contributed by atoms with Gasteiger partial charge in [0.15, 0.2) is 5.78 Å². The summed E-state index contributed by atoms with van der Waals surface area (Å²) in [6.45, 7) is 11.2. The number of aliphatic carboxylic acids is 2. The maximum Gasteiger partial charge on any atom is 0.338 e. The number of Topliss-reactive ketones (excluding diaryl/α,β-unsaturated/α-hetero) is 1. The first kappa shape index (κ1) is 27.7. The van der Waals surface area contributed by atoms with Gasteiger partial charge in [-0.2, -0.15) is 0 Å². The molecule has 158 valence electrons.